The summed E-state index contributed by atoms with van der Waals surface area (Å²) in [4.78, 5) is 23.1. The predicted molar refractivity (Wildman–Crippen MR) is 288 cm³/mol. The van der Waals surface area contributed by atoms with Gasteiger partial charge >= 0.3 is 13.8 Å². The number of esters is 1. The van der Waals surface area contributed by atoms with Gasteiger partial charge in [-0.1, -0.05) is 215 Å². The maximum Gasteiger partial charge on any atom is 0.472 e. The molecule has 0 aromatic heterocycles. The summed E-state index contributed by atoms with van der Waals surface area (Å²) in [6, 6.07) is 0. The van der Waals surface area contributed by atoms with Crippen LogP contribution in [0, 0.1) is 0 Å². The number of phosphoric acid groups is 1. The van der Waals surface area contributed by atoms with E-state index < -0.39 is 13.9 Å². The summed E-state index contributed by atoms with van der Waals surface area (Å²) < 4.78 is 35.2. The van der Waals surface area contributed by atoms with Crippen molar-refractivity contribution < 1.29 is 37.3 Å². The van der Waals surface area contributed by atoms with E-state index in [0.29, 0.717) is 24.1 Å². The van der Waals surface area contributed by atoms with E-state index in [1.807, 2.05) is 21.1 Å². The molecule has 0 amide bonds. The summed E-state index contributed by atoms with van der Waals surface area (Å²) in [5, 5.41) is 0. The van der Waals surface area contributed by atoms with E-state index in [2.05, 4.69) is 86.8 Å². The third-order valence-corrected chi connectivity index (χ3v) is 12.7. The van der Waals surface area contributed by atoms with Gasteiger partial charge in [0.2, 0.25) is 0 Å². The zero-order chi connectivity index (χ0) is 49.0. The SMILES string of the molecule is CC/C=C\C/C=C\C/C=C\C/C=C\C/C=C\CCCCCCOCC(COP(=O)(O)OCC[N+](C)(C)C)OC(=O)CCCCCCCCCCCCCCC/C=C\CCCCCCCCCC. The first-order valence-electron chi connectivity index (χ1n) is 27.7. The average molecular weight is 961 g/mol. The van der Waals surface area contributed by atoms with Gasteiger partial charge in [0.1, 0.15) is 19.3 Å². The second-order valence-corrected chi connectivity index (χ2v) is 21.0. The normalized spacial score (nSPS) is 14.1. The van der Waals surface area contributed by atoms with Crippen LogP contribution >= 0.6 is 7.82 Å². The number of unbranched alkanes of at least 4 members (excludes halogenated alkanes) is 25. The second kappa shape index (κ2) is 50.3. The molecule has 1 N–H and O–H groups in total. The highest BCUT2D eigenvalue weighted by atomic mass is 31.2. The first-order valence-corrected chi connectivity index (χ1v) is 29.2. The number of ether oxygens (including phenoxy) is 2. The highest BCUT2D eigenvalue weighted by Gasteiger charge is 2.26. The van der Waals surface area contributed by atoms with Crippen LogP contribution in [0.25, 0.3) is 0 Å². The van der Waals surface area contributed by atoms with E-state index in [-0.39, 0.29) is 25.8 Å². The number of carbonyl (C=O) groups is 1. The molecule has 0 aliphatic carbocycles. The Bertz CT molecular complexity index is 1300. The predicted octanol–water partition coefficient (Wildman–Crippen LogP) is 17.4. The zero-order valence-electron chi connectivity index (χ0n) is 44.4. The van der Waals surface area contributed by atoms with Crippen molar-refractivity contribution in [2.45, 2.75) is 238 Å². The molecule has 0 aliphatic rings. The number of rotatable bonds is 51. The van der Waals surface area contributed by atoms with Gasteiger partial charge < -0.3 is 18.9 Å². The fraction of sp³-hybridized carbons (Fsp3) is 0.776. The molecule has 0 spiro atoms. The van der Waals surface area contributed by atoms with Crippen LogP contribution in [0.4, 0.5) is 0 Å². The van der Waals surface area contributed by atoms with Crippen LogP contribution in [0.15, 0.2) is 72.9 Å². The zero-order valence-corrected chi connectivity index (χ0v) is 45.3. The summed E-state index contributed by atoms with van der Waals surface area (Å²) in [5.41, 5.74) is 0. The number of phosphoric ester groups is 1. The van der Waals surface area contributed by atoms with Gasteiger partial charge in [-0.15, -0.1) is 0 Å². The molecule has 0 saturated carbocycles. The van der Waals surface area contributed by atoms with Gasteiger partial charge in [-0.05, 0) is 83.5 Å². The molecule has 2 unspecified atom stereocenters. The molecular formula is C58H107NO7P+. The molecule has 0 bridgehead atoms. The van der Waals surface area contributed by atoms with Crippen molar-refractivity contribution in [1.82, 2.24) is 0 Å². The van der Waals surface area contributed by atoms with Crippen molar-refractivity contribution >= 4 is 13.8 Å². The van der Waals surface area contributed by atoms with Crippen LogP contribution in [-0.4, -0.2) is 75.6 Å². The van der Waals surface area contributed by atoms with Gasteiger partial charge in [0.15, 0.2) is 0 Å². The van der Waals surface area contributed by atoms with Crippen molar-refractivity contribution in [2.24, 2.45) is 0 Å². The Labute approximate surface area is 414 Å². The van der Waals surface area contributed by atoms with Crippen molar-refractivity contribution in [3.63, 3.8) is 0 Å². The first kappa shape index (κ1) is 64.9. The molecule has 0 aliphatic heterocycles. The lowest BCUT2D eigenvalue weighted by Gasteiger charge is -2.24. The molecule has 0 heterocycles. The highest BCUT2D eigenvalue weighted by Crippen LogP contribution is 2.43. The van der Waals surface area contributed by atoms with Crippen LogP contribution < -0.4 is 0 Å². The smallest absolute Gasteiger partial charge is 0.457 e. The third kappa shape index (κ3) is 54.7. The van der Waals surface area contributed by atoms with Crippen molar-refractivity contribution in [3.05, 3.63) is 72.9 Å². The molecule has 0 aromatic rings. The molecule has 0 rings (SSSR count). The Morgan fingerprint density at radius 2 is 0.866 bits per heavy atom. The molecule has 0 saturated heterocycles. The molecule has 8 nitrogen and oxygen atoms in total. The summed E-state index contributed by atoms with van der Waals surface area (Å²) in [6.07, 6.45) is 66.8. The van der Waals surface area contributed by atoms with E-state index in [4.69, 9.17) is 18.5 Å². The summed E-state index contributed by atoms with van der Waals surface area (Å²) >= 11 is 0. The Morgan fingerprint density at radius 1 is 0.478 bits per heavy atom. The lowest BCUT2D eigenvalue weighted by atomic mass is 10.0. The number of carbonyl (C=O) groups excluding carboxylic acids is 1. The van der Waals surface area contributed by atoms with Gasteiger partial charge in [-0.3, -0.25) is 13.8 Å². The fourth-order valence-corrected chi connectivity index (χ4v) is 8.26. The number of likely N-dealkylation sites (N-methyl/N-ethyl adjacent to an activating group) is 1. The number of quaternary nitrogens is 1. The Hall–Kier alpha value is -2.06. The topological polar surface area (TPSA) is 91.3 Å². The molecular weight excluding hydrogens is 854 g/mol. The summed E-state index contributed by atoms with van der Waals surface area (Å²) in [6.45, 7) is 5.46. The summed E-state index contributed by atoms with van der Waals surface area (Å²) in [7, 11) is 1.65. The Morgan fingerprint density at radius 3 is 1.31 bits per heavy atom. The van der Waals surface area contributed by atoms with E-state index in [1.165, 1.54) is 128 Å². The maximum atomic E-state index is 12.8. The standard InChI is InChI=1S/C58H106NO7P/c1-6-8-10-12-14-16-18-20-22-24-26-28-29-30-31-32-33-35-37-39-41-43-45-47-49-51-58(60)66-57(56-65-67(61,62)64-54-52-59(3,4)5)55-63-53-50-48-46-44-42-40-38-36-34-27-25-23-21-19-17-15-13-11-9-7-2/h9,11,15,17,21,23-24,26-27,34,38,40,57H,6-8,10,12-14,16,18-20,22,25,28-33,35-37,39,41-56H2,1-5H3/p+1/b11-9-,17-15-,23-21-,26-24-,34-27-,40-38-. The number of nitrogens with zero attached hydrogens (tertiary/aromatic N) is 1. The number of allylic oxidation sites excluding steroid dienone is 12. The molecule has 67 heavy (non-hydrogen) atoms. The number of hydrogen-bond donors (Lipinski definition) is 1. The van der Waals surface area contributed by atoms with Gasteiger partial charge in [0, 0.05) is 13.0 Å². The van der Waals surface area contributed by atoms with E-state index in [1.54, 1.807) is 0 Å². The number of hydrogen-bond acceptors (Lipinski definition) is 6. The maximum absolute atomic E-state index is 12.8. The minimum Gasteiger partial charge on any atom is -0.457 e. The van der Waals surface area contributed by atoms with Gasteiger partial charge in [-0.2, -0.15) is 0 Å². The molecule has 390 valence electrons. The fourth-order valence-electron chi connectivity index (χ4n) is 7.52. The van der Waals surface area contributed by atoms with Crippen LogP contribution in [0.3, 0.4) is 0 Å². The van der Waals surface area contributed by atoms with Crippen molar-refractivity contribution in [2.75, 3.05) is 54.1 Å². The average Bonchev–Trinajstić information content (AvgIpc) is 3.29. The highest BCUT2D eigenvalue weighted by molar-refractivity contribution is 7.47. The van der Waals surface area contributed by atoms with Gasteiger partial charge in [0.05, 0.1) is 34.4 Å². The van der Waals surface area contributed by atoms with Gasteiger partial charge in [0.25, 0.3) is 0 Å². The molecule has 0 radical (unpaired) electrons. The largest absolute Gasteiger partial charge is 0.472 e. The molecule has 9 heteroatoms. The second-order valence-electron chi connectivity index (χ2n) is 19.6. The lowest BCUT2D eigenvalue weighted by molar-refractivity contribution is -0.870. The van der Waals surface area contributed by atoms with Crippen LogP contribution in [-0.2, 0) is 27.9 Å². The first-order chi connectivity index (χ1) is 32.6. The van der Waals surface area contributed by atoms with E-state index >= 15 is 0 Å². The molecule has 0 fully saturated rings. The molecule has 0 aromatic carbocycles. The van der Waals surface area contributed by atoms with Crippen LogP contribution in [0.1, 0.15) is 232 Å². The van der Waals surface area contributed by atoms with Crippen LogP contribution in [0.5, 0.6) is 0 Å². The van der Waals surface area contributed by atoms with E-state index in [9.17, 15) is 14.3 Å². The monoisotopic (exact) mass is 961 g/mol. The van der Waals surface area contributed by atoms with Crippen LogP contribution in [0.2, 0.25) is 0 Å². The minimum atomic E-state index is -4.29. The molecule has 2 atom stereocenters. The van der Waals surface area contributed by atoms with Crippen molar-refractivity contribution in [3.8, 4) is 0 Å². The Kier molecular flexibility index (Phi) is 48.8. The quantitative estimate of drug-likeness (QED) is 0.0213. The third-order valence-electron chi connectivity index (χ3n) is 11.8. The lowest BCUT2D eigenvalue weighted by Crippen LogP contribution is -2.37. The van der Waals surface area contributed by atoms with Gasteiger partial charge in [-0.25, -0.2) is 4.57 Å². The van der Waals surface area contributed by atoms with E-state index in [0.717, 1.165) is 83.5 Å². The summed E-state index contributed by atoms with van der Waals surface area (Å²) in [5.74, 6) is -0.323. The Balaban J connectivity index is 4.13. The van der Waals surface area contributed by atoms with Crippen molar-refractivity contribution in [1.29, 1.82) is 0 Å². The minimum absolute atomic E-state index is 0.0806.